The first-order valence-corrected chi connectivity index (χ1v) is 13.1. The number of amides is 1. The Hall–Kier alpha value is -3.79. The molecule has 0 saturated carbocycles. The Morgan fingerprint density at radius 3 is 2.69 bits per heavy atom. The molecule has 9 nitrogen and oxygen atoms in total. The van der Waals surface area contributed by atoms with Gasteiger partial charge >= 0.3 is 0 Å². The van der Waals surface area contributed by atoms with Crippen LogP contribution in [0.2, 0.25) is 0 Å². The predicted molar refractivity (Wildman–Crippen MR) is 131 cm³/mol. The summed E-state index contributed by atoms with van der Waals surface area (Å²) in [6.45, 7) is 3.88. The number of hydrogen-bond acceptors (Lipinski definition) is 7. The summed E-state index contributed by atoms with van der Waals surface area (Å²) in [5.74, 6) is 1.69. The molecule has 0 aliphatic carbocycles. The molecule has 1 aliphatic heterocycles. The highest BCUT2D eigenvalue weighted by molar-refractivity contribution is 7.91. The van der Waals surface area contributed by atoms with Gasteiger partial charge < -0.3 is 14.6 Å². The summed E-state index contributed by atoms with van der Waals surface area (Å²) in [4.78, 5) is 30.8. The summed E-state index contributed by atoms with van der Waals surface area (Å²) >= 11 is 0. The van der Waals surface area contributed by atoms with Gasteiger partial charge in [-0.05, 0) is 43.2 Å². The SMILES string of the molecule is CCS(=O)(=O)c1ccc(Oc2cc3nc(-c4cnccn4)[nH]c3cc2C2CCCN2C(C)=O)cc1. The summed E-state index contributed by atoms with van der Waals surface area (Å²) in [6, 6.07) is 10.1. The van der Waals surface area contributed by atoms with E-state index in [1.165, 1.54) is 0 Å². The molecule has 5 rings (SSSR count). The van der Waals surface area contributed by atoms with Gasteiger partial charge in [-0.15, -0.1) is 0 Å². The van der Waals surface area contributed by atoms with Crippen LogP contribution >= 0.6 is 0 Å². The van der Waals surface area contributed by atoms with Crippen LogP contribution in [0, 0.1) is 0 Å². The molecule has 0 spiro atoms. The predicted octanol–water partition coefficient (Wildman–Crippen LogP) is 4.29. The molecule has 1 fully saturated rings. The number of aromatic nitrogens is 4. The van der Waals surface area contributed by atoms with Gasteiger partial charge in [0.15, 0.2) is 15.7 Å². The highest BCUT2D eigenvalue weighted by Crippen LogP contribution is 2.41. The Labute approximate surface area is 203 Å². The van der Waals surface area contributed by atoms with E-state index in [1.54, 1.807) is 56.7 Å². The number of aromatic amines is 1. The first-order chi connectivity index (χ1) is 16.9. The van der Waals surface area contributed by atoms with Gasteiger partial charge in [0.25, 0.3) is 0 Å². The molecule has 3 heterocycles. The van der Waals surface area contributed by atoms with Gasteiger partial charge in [-0.2, -0.15) is 0 Å². The van der Waals surface area contributed by atoms with Crippen molar-refractivity contribution in [2.75, 3.05) is 12.3 Å². The second-order valence-corrected chi connectivity index (χ2v) is 10.7. The monoisotopic (exact) mass is 491 g/mol. The van der Waals surface area contributed by atoms with Gasteiger partial charge in [-0.1, -0.05) is 6.92 Å². The van der Waals surface area contributed by atoms with Gasteiger partial charge in [-0.25, -0.2) is 18.4 Å². The van der Waals surface area contributed by atoms with Crippen LogP contribution in [0.1, 0.15) is 38.3 Å². The highest BCUT2D eigenvalue weighted by atomic mass is 32.2. The minimum absolute atomic E-state index is 0.0116. The second-order valence-electron chi connectivity index (χ2n) is 8.43. The van der Waals surface area contributed by atoms with E-state index in [9.17, 15) is 13.2 Å². The Bertz CT molecular complexity index is 1480. The molecular weight excluding hydrogens is 466 g/mol. The summed E-state index contributed by atoms with van der Waals surface area (Å²) < 4.78 is 30.6. The Morgan fingerprint density at radius 1 is 1.20 bits per heavy atom. The van der Waals surface area contributed by atoms with E-state index in [0.29, 0.717) is 35.1 Å². The lowest BCUT2D eigenvalue weighted by molar-refractivity contribution is -0.129. The summed E-state index contributed by atoms with van der Waals surface area (Å²) in [7, 11) is -3.30. The van der Waals surface area contributed by atoms with Crippen molar-refractivity contribution in [3.05, 3.63) is 60.6 Å². The van der Waals surface area contributed by atoms with E-state index in [4.69, 9.17) is 4.74 Å². The van der Waals surface area contributed by atoms with Crippen LogP contribution in [0.3, 0.4) is 0 Å². The maximum absolute atomic E-state index is 12.3. The maximum Gasteiger partial charge on any atom is 0.219 e. The fourth-order valence-electron chi connectivity index (χ4n) is 4.42. The van der Waals surface area contributed by atoms with Crippen LogP contribution in [0.4, 0.5) is 0 Å². The molecule has 1 unspecified atom stereocenters. The van der Waals surface area contributed by atoms with Crippen LogP contribution < -0.4 is 4.74 Å². The smallest absolute Gasteiger partial charge is 0.219 e. The number of sulfone groups is 1. The van der Waals surface area contributed by atoms with Crippen molar-refractivity contribution in [3.63, 3.8) is 0 Å². The van der Waals surface area contributed by atoms with Crippen LogP contribution in [-0.2, 0) is 14.6 Å². The number of rotatable bonds is 6. The molecule has 2 aromatic heterocycles. The number of hydrogen-bond donors (Lipinski definition) is 1. The zero-order valence-electron chi connectivity index (χ0n) is 19.4. The number of benzene rings is 2. The molecule has 10 heteroatoms. The number of nitrogens with zero attached hydrogens (tertiary/aromatic N) is 4. The van der Waals surface area contributed by atoms with Crippen molar-refractivity contribution >= 4 is 26.8 Å². The van der Waals surface area contributed by atoms with Crippen molar-refractivity contribution in [2.45, 2.75) is 37.6 Å². The highest BCUT2D eigenvalue weighted by Gasteiger charge is 2.31. The molecule has 2 aromatic carbocycles. The van der Waals surface area contributed by atoms with Crippen molar-refractivity contribution < 1.29 is 17.9 Å². The van der Waals surface area contributed by atoms with Crippen LogP contribution in [0.5, 0.6) is 11.5 Å². The molecule has 1 saturated heterocycles. The van der Waals surface area contributed by atoms with Gasteiger partial charge in [0.05, 0.1) is 33.9 Å². The zero-order valence-corrected chi connectivity index (χ0v) is 20.2. The molecule has 0 bridgehead atoms. The average Bonchev–Trinajstić information content (AvgIpc) is 3.52. The quantitative estimate of drug-likeness (QED) is 0.427. The van der Waals surface area contributed by atoms with Gasteiger partial charge in [0, 0.05) is 37.5 Å². The van der Waals surface area contributed by atoms with E-state index >= 15 is 0 Å². The third kappa shape index (κ3) is 4.49. The number of likely N-dealkylation sites (tertiary alicyclic amines) is 1. The standard InChI is InChI=1S/C25H25N5O4S/c1-3-35(32,33)18-8-6-17(7-9-18)34-24-14-21-20(28-25(29-21)22-15-26-10-11-27-22)13-19(24)23-5-4-12-30(23)16(2)31/h6-11,13-15,23H,3-5,12H2,1-2H3,(H,28,29). The number of ether oxygens (including phenoxy) is 1. The molecule has 1 aliphatic rings. The maximum atomic E-state index is 12.3. The minimum atomic E-state index is -3.30. The summed E-state index contributed by atoms with van der Waals surface area (Å²) in [5.41, 5.74) is 2.96. The van der Waals surface area contributed by atoms with Gasteiger partial charge in [-0.3, -0.25) is 9.78 Å². The number of fused-ring (bicyclic) bond motifs is 1. The van der Waals surface area contributed by atoms with E-state index in [-0.39, 0.29) is 22.6 Å². The molecule has 0 radical (unpaired) electrons. The molecular formula is C25H25N5O4S. The number of carbonyl (C=O) groups is 1. The number of H-pyrrole nitrogens is 1. The Kier molecular flexibility index (Phi) is 5.98. The Morgan fingerprint density at radius 2 is 2.00 bits per heavy atom. The number of imidazole rings is 1. The fraction of sp³-hybridized carbons (Fsp3) is 0.280. The first-order valence-electron chi connectivity index (χ1n) is 11.4. The molecule has 1 N–H and O–H groups in total. The normalized spacial score (nSPS) is 16.1. The van der Waals surface area contributed by atoms with E-state index in [1.807, 2.05) is 17.0 Å². The molecule has 1 amide bonds. The molecule has 35 heavy (non-hydrogen) atoms. The topological polar surface area (TPSA) is 118 Å². The van der Waals surface area contributed by atoms with E-state index < -0.39 is 9.84 Å². The van der Waals surface area contributed by atoms with Crippen LogP contribution in [0.15, 0.2) is 59.9 Å². The lowest BCUT2D eigenvalue weighted by Gasteiger charge is -2.25. The van der Waals surface area contributed by atoms with Crippen molar-refractivity contribution in [3.8, 4) is 23.0 Å². The van der Waals surface area contributed by atoms with Crippen molar-refractivity contribution in [1.29, 1.82) is 0 Å². The second kappa shape index (κ2) is 9.10. The van der Waals surface area contributed by atoms with Crippen LogP contribution in [0.25, 0.3) is 22.6 Å². The van der Waals surface area contributed by atoms with E-state index in [0.717, 1.165) is 23.9 Å². The Balaban J connectivity index is 1.58. The molecule has 1 atom stereocenters. The summed E-state index contributed by atoms with van der Waals surface area (Å²) in [5, 5.41) is 0. The third-order valence-corrected chi connectivity index (χ3v) is 7.98. The molecule has 4 aromatic rings. The lowest BCUT2D eigenvalue weighted by Crippen LogP contribution is -2.28. The third-order valence-electron chi connectivity index (χ3n) is 6.23. The van der Waals surface area contributed by atoms with Gasteiger partial charge in [0.1, 0.15) is 17.2 Å². The first kappa shape index (κ1) is 23.0. The minimum Gasteiger partial charge on any atom is -0.457 e. The largest absolute Gasteiger partial charge is 0.457 e. The van der Waals surface area contributed by atoms with Crippen LogP contribution in [-0.4, -0.2) is 51.5 Å². The zero-order chi connectivity index (χ0) is 24.6. The lowest BCUT2D eigenvalue weighted by atomic mass is 10.0. The fourth-order valence-corrected chi connectivity index (χ4v) is 5.31. The van der Waals surface area contributed by atoms with Crippen molar-refractivity contribution in [1.82, 2.24) is 24.8 Å². The number of carbonyl (C=O) groups excluding carboxylic acids is 1. The van der Waals surface area contributed by atoms with E-state index in [2.05, 4.69) is 19.9 Å². The average molecular weight is 492 g/mol. The number of nitrogens with one attached hydrogen (secondary N) is 1. The molecule has 180 valence electrons. The van der Waals surface area contributed by atoms with Gasteiger partial charge in [0.2, 0.25) is 5.91 Å². The van der Waals surface area contributed by atoms with Crippen molar-refractivity contribution in [2.24, 2.45) is 0 Å². The summed E-state index contributed by atoms with van der Waals surface area (Å²) in [6.07, 6.45) is 6.56.